The number of aliphatic imine (C=N–C) groups is 1. The molecule has 2 aromatic rings. The maximum atomic E-state index is 12.9. The minimum atomic E-state index is -0.439. The lowest BCUT2D eigenvalue weighted by Crippen LogP contribution is -2.36. The van der Waals surface area contributed by atoms with E-state index in [4.69, 9.17) is 16.3 Å². The SMILES string of the molecule is CN1C(=O)/C(=C\c2cc([N+](=O)[O-])ccc2N2CCOCC2)SC1=Nc1ccc(Br)c(Cl)c1. The maximum absolute atomic E-state index is 12.9. The number of ether oxygens (including phenoxy) is 1. The van der Waals surface area contributed by atoms with Gasteiger partial charge in [0.05, 0.1) is 33.8 Å². The van der Waals surface area contributed by atoms with Gasteiger partial charge in [-0.05, 0) is 58.0 Å². The van der Waals surface area contributed by atoms with Gasteiger partial charge in [0.25, 0.3) is 11.6 Å². The van der Waals surface area contributed by atoms with Gasteiger partial charge in [-0.1, -0.05) is 11.6 Å². The lowest BCUT2D eigenvalue weighted by molar-refractivity contribution is -0.384. The summed E-state index contributed by atoms with van der Waals surface area (Å²) in [7, 11) is 1.64. The van der Waals surface area contributed by atoms with Crippen LogP contribution >= 0.6 is 39.3 Å². The number of halogens is 2. The highest BCUT2D eigenvalue weighted by molar-refractivity contribution is 9.10. The van der Waals surface area contributed by atoms with E-state index < -0.39 is 4.92 Å². The molecule has 2 heterocycles. The number of carbonyl (C=O) groups excluding carboxylic acids is 1. The van der Waals surface area contributed by atoms with Crippen molar-refractivity contribution < 1.29 is 14.5 Å². The average molecular weight is 538 g/mol. The van der Waals surface area contributed by atoms with Gasteiger partial charge in [-0.2, -0.15) is 0 Å². The van der Waals surface area contributed by atoms with Gasteiger partial charge < -0.3 is 9.64 Å². The Morgan fingerprint density at radius 2 is 2.00 bits per heavy atom. The van der Waals surface area contributed by atoms with Crippen LogP contribution in [0.2, 0.25) is 5.02 Å². The summed E-state index contributed by atoms with van der Waals surface area (Å²) >= 11 is 10.7. The first-order chi connectivity index (χ1) is 15.3. The van der Waals surface area contributed by atoms with E-state index in [-0.39, 0.29) is 11.6 Å². The number of carbonyl (C=O) groups is 1. The number of nitro groups is 1. The molecule has 0 N–H and O–H groups in total. The molecule has 0 aliphatic carbocycles. The van der Waals surface area contributed by atoms with Gasteiger partial charge in [0, 0.05) is 48.0 Å². The third-order valence-electron chi connectivity index (χ3n) is 4.99. The summed E-state index contributed by atoms with van der Waals surface area (Å²) in [6.07, 6.45) is 1.69. The van der Waals surface area contributed by atoms with Crippen LogP contribution in [0.3, 0.4) is 0 Å². The second-order valence-corrected chi connectivity index (χ2v) is 9.34. The van der Waals surface area contributed by atoms with Crippen LogP contribution in [0.25, 0.3) is 6.08 Å². The van der Waals surface area contributed by atoms with Crippen LogP contribution in [0.15, 0.2) is 50.8 Å². The van der Waals surface area contributed by atoms with Crippen molar-refractivity contribution in [2.75, 3.05) is 38.3 Å². The molecule has 0 unspecified atom stereocenters. The highest BCUT2D eigenvalue weighted by Gasteiger charge is 2.31. The lowest BCUT2D eigenvalue weighted by Gasteiger charge is -2.30. The van der Waals surface area contributed by atoms with E-state index in [1.807, 2.05) is 0 Å². The van der Waals surface area contributed by atoms with Crippen molar-refractivity contribution in [2.24, 2.45) is 4.99 Å². The van der Waals surface area contributed by atoms with Crippen LogP contribution < -0.4 is 4.90 Å². The van der Waals surface area contributed by atoms with Gasteiger partial charge in [-0.15, -0.1) is 0 Å². The van der Waals surface area contributed by atoms with Crippen molar-refractivity contribution >= 4 is 73.5 Å². The number of thioether (sulfide) groups is 1. The zero-order valence-electron chi connectivity index (χ0n) is 17.0. The quantitative estimate of drug-likeness (QED) is 0.307. The van der Waals surface area contributed by atoms with Crippen LogP contribution in [0.1, 0.15) is 5.56 Å². The predicted octanol–water partition coefficient (Wildman–Crippen LogP) is 5.08. The molecule has 32 heavy (non-hydrogen) atoms. The van der Waals surface area contributed by atoms with Crippen molar-refractivity contribution in [1.82, 2.24) is 4.90 Å². The molecule has 2 saturated heterocycles. The normalized spacial score (nSPS) is 19.3. The van der Waals surface area contributed by atoms with Crippen molar-refractivity contribution in [3.05, 3.63) is 66.5 Å². The van der Waals surface area contributed by atoms with Gasteiger partial charge in [0.1, 0.15) is 0 Å². The van der Waals surface area contributed by atoms with E-state index in [1.165, 1.54) is 28.8 Å². The molecule has 0 spiro atoms. The summed E-state index contributed by atoms with van der Waals surface area (Å²) in [6, 6.07) is 9.99. The summed E-state index contributed by atoms with van der Waals surface area (Å²) in [5, 5.41) is 12.4. The maximum Gasteiger partial charge on any atom is 0.270 e. The minimum Gasteiger partial charge on any atom is -0.378 e. The number of amidine groups is 1. The molecule has 4 rings (SSSR count). The number of hydrogen-bond donors (Lipinski definition) is 0. The highest BCUT2D eigenvalue weighted by Crippen LogP contribution is 2.37. The fraction of sp³-hybridized carbons (Fsp3) is 0.238. The van der Waals surface area contributed by atoms with E-state index in [1.54, 1.807) is 37.4 Å². The van der Waals surface area contributed by atoms with E-state index >= 15 is 0 Å². The zero-order valence-corrected chi connectivity index (χ0v) is 20.1. The molecule has 0 bridgehead atoms. The number of morpholine rings is 1. The van der Waals surface area contributed by atoms with Gasteiger partial charge >= 0.3 is 0 Å². The molecule has 11 heteroatoms. The standard InChI is InChI=1S/C21H18BrClN4O4S/c1-25-20(28)19(32-21(25)24-14-2-4-16(22)17(23)12-14)11-13-10-15(27(29)30)3-5-18(13)26-6-8-31-9-7-26/h2-5,10-12H,6-9H2,1H3/b19-11+,24-21?. The number of nitrogens with zero attached hydrogens (tertiary/aromatic N) is 4. The molecule has 0 saturated carbocycles. The predicted molar refractivity (Wildman–Crippen MR) is 131 cm³/mol. The highest BCUT2D eigenvalue weighted by atomic mass is 79.9. The summed E-state index contributed by atoms with van der Waals surface area (Å²) < 4.78 is 6.17. The molecular formula is C21H18BrClN4O4S. The van der Waals surface area contributed by atoms with Crippen molar-refractivity contribution in [1.29, 1.82) is 0 Å². The van der Waals surface area contributed by atoms with Gasteiger partial charge in [-0.3, -0.25) is 19.8 Å². The summed E-state index contributed by atoms with van der Waals surface area (Å²) in [5.74, 6) is -0.226. The number of rotatable bonds is 4. The molecule has 0 atom stereocenters. The summed E-state index contributed by atoms with van der Waals surface area (Å²) in [6.45, 7) is 2.50. The number of amides is 1. The zero-order chi connectivity index (χ0) is 22.8. The fourth-order valence-electron chi connectivity index (χ4n) is 3.32. The molecule has 166 valence electrons. The first-order valence-electron chi connectivity index (χ1n) is 9.66. The molecule has 1 amide bonds. The molecular weight excluding hydrogens is 520 g/mol. The number of non-ortho nitro benzene ring substituents is 1. The smallest absolute Gasteiger partial charge is 0.270 e. The van der Waals surface area contributed by atoms with Crippen LogP contribution in [-0.4, -0.2) is 54.2 Å². The molecule has 0 radical (unpaired) electrons. The molecule has 2 aliphatic rings. The van der Waals surface area contributed by atoms with Crippen LogP contribution in [-0.2, 0) is 9.53 Å². The first-order valence-corrected chi connectivity index (χ1v) is 11.6. The van der Waals surface area contributed by atoms with Crippen LogP contribution in [0.4, 0.5) is 17.1 Å². The van der Waals surface area contributed by atoms with Crippen molar-refractivity contribution in [3.8, 4) is 0 Å². The third kappa shape index (κ3) is 4.83. The molecule has 2 aliphatic heterocycles. The third-order valence-corrected chi connectivity index (χ3v) is 7.28. The summed E-state index contributed by atoms with van der Waals surface area (Å²) in [5.41, 5.74) is 2.02. The number of hydrogen-bond acceptors (Lipinski definition) is 7. The minimum absolute atomic E-state index is 0.0314. The van der Waals surface area contributed by atoms with E-state index in [0.29, 0.717) is 52.6 Å². The summed E-state index contributed by atoms with van der Waals surface area (Å²) in [4.78, 5) is 32.3. The average Bonchev–Trinajstić information content (AvgIpc) is 3.04. The van der Waals surface area contributed by atoms with E-state index in [2.05, 4.69) is 25.8 Å². The number of nitro benzene ring substituents is 1. The second-order valence-electron chi connectivity index (χ2n) is 7.07. The van der Waals surface area contributed by atoms with E-state index in [9.17, 15) is 14.9 Å². The molecule has 0 aromatic heterocycles. The Hall–Kier alpha value is -2.40. The molecule has 2 aromatic carbocycles. The fourth-order valence-corrected chi connectivity index (χ4v) is 4.72. The number of anilines is 1. The van der Waals surface area contributed by atoms with Crippen molar-refractivity contribution in [2.45, 2.75) is 0 Å². The Balaban J connectivity index is 1.70. The topological polar surface area (TPSA) is 88.3 Å². The van der Waals surface area contributed by atoms with Crippen molar-refractivity contribution in [3.63, 3.8) is 0 Å². The Morgan fingerprint density at radius 1 is 1.25 bits per heavy atom. The Labute approximate surface area is 202 Å². The Bertz CT molecular complexity index is 1150. The lowest BCUT2D eigenvalue weighted by atomic mass is 10.1. The van der Waals surface area contributed by atoms with Crippen LogP contribution in [0.5, 0.6) is 0 Å². The Kier molecular flexibility index (Phi) is 6.85. The number of benzene rings is 2. The van der Waals surface area contributed by atoms with Crippen LogP contribution in [0, 0.1) is 10.1 Å². The van der Waals surface area contributed by atoms with Gasteiger partial charge in [0.2, 0.25) is 0 Å². The van der Waals surface area contributed by atoms with Gasteiger partial charge in [0.15, 0.2) is 5.17 Å². The Morgan fingerprint density at radius 3 is 2.69 bits per heavy atom. The first kappa shape index (κ1) is 22.8. The molecule has 2 fully saturated rings. The second kappa shape index (κ2) is 9.62. The monoisotopic (exact) mass is 536 g/mol. The largest absolute Gasteiger partial charge is 0.378 e. The van der Waals surface area contributed by atoms with Gasteiger partial charge in [-0.25, -0.2) is 4.99 Å². The van der Waals surface area contributed by atoms with E-state index in [0.717, 1.165) is 10.2 Å². The number of likely N-dealkylation sites (N-methyl/N-ethyl adjacent to an activating group) is 1. The molecule has 8 nitrogen and oxygen atoms in total.